The minimum atomic E-state index is -0.868. The second-order valence-electron chi connectivity index (χ2n) is 3.68. The topological polar surface area (TPSA) is 0 Å². The van der Waals surface area contributed by atoms with Crippen molar-refractivity contribution in [3.63, 3.8) is 0 Å². The van der Waals surface area contributed by atoms with Gasteiger partial charge in [-0.1, -0.05) is 38.7 Å². The van der Waals surface area contributed by atoms with Gasteiger partial charge in [-0.2, -0.15) is 0 Å². The van der Waals surface area contributed by atoms with Crippen LogP contribution in [-0.2, 0) is 0 Å². The first-order chi connectivity index (χ1) is 3.98. The van der Waals surface area contributed by atoms with Crippen LogP contribution in [0.1, 0.15) is 13.8 Å². The minimum absolute atomic E-state index is 0.822. The quantitative estimate of drug-likeness (QED) is 0.410. The lowest BCUT2D eigenvalue weighted by Gasteiger charge is -2.21. The van der Waals surface area contributed by atoms with E-state index in [0.29, 0.717) is 0 Å². The van der Waals surface area contributed by atoms with Crippen molar-refractivity contribution < 1.29 is 0 Å². The average Bonchev–Trinajstić information content (AvgIpc) is 1.64. The van der Waals surface area contributed by atoms with Crippen LogP contribution >= 0.6 is 0 Å². The maximum Gasteiger partial charge on any atom is 0.0510 e. The van der Waals surface area contributed by atoms with Crippen LogP contribution in [-0.4, -0.2) is 8.07 Å². The highest BCUT2D eigenvalue weighted by Gasteiger charge is 2.18. The van der Waals surface area contributed by atoms with E-state index in [-0.39, 0.29) is 0 Å². The molecule has 0 spiro atoms. The Bertz CT molecular complexity index is 97.6. The molecule has 0 nitrogen and oxygen atoms in total. The van der Waals surface area contributed by atoms with E-state index in [0.717, 1.165) is 5.54 Å². The molecule has 1 atom stereocenters. The van der Waals surface area contributed by atoms with Crippen LogP contribution in [0.2, 0.25) is 25.2 Å². The molecule has 1 heteroatoms. The summed E-state index contributed by atoms with van der Waals surface area (Å²) in [6.45, 7) is 11.6. The third kappa shape index (κ3) is 3.52. The lowest BCUT2D eigenvalue weighted by atomic mass is 10.4. The fraction of sp³-hybridized carbons (Fsp3) is 0.750. The van der Waals surface area contributed by atoms with Crippen molar-refractivity contribution in [2.45, 2.75) is 39.0 Å². The maximum atomic E-state index is 2.40. The van der Waals surface area contributed by atoms with E-state index in [9.17, 15) is 0 Å². The summed E-state index contributed by atoms with van der Waals surface area (Å²) in [7, 11) is -0.868. The van der Waals surface area contributed by atoms with Gasteiger partial charge in [0, 0.05) is 0 Å². The number of rotatable bonds is 2. The Labute approximate surface area is 60.0 Å². The molecule has 0 fully saturated rings. The third-order valence-electron chi connectivity index (χ3n) is 1.85. The molecule has 0 aliphatic carbocycles. The molecule has 0 saturated heterocycles. The van der Waals surface area contributed by atoms with Crippen molar-refractivity contribution in [2.75, 3.05) is 0 Å². The van der Waals surface area contributed by atoms with Gasteiger partial charge in [-0.15, -0.1) is 0 Å². The predicted octanol–water partition coefficient (Wildman–Crippen LogP) is 3.29. The van der Waals surface area contributed by atoms with E-state index in [1.54, 1.807) is 0 Å². The molecular weight excluding hydrogens is 124 g/mol. The monoisotopic (exact) mass is 142 g/mol. The molecule has 54 valence electrons. The lowest BCUT2D eigenvalue weighted by Crippen LogP contribution is -2.24. The van der Waals surface area contributed by atoms with Gasteiger partial charge in [0.05, 0.1) is 8.07 Å². The van der Waals surface area contributed by atoms with Gasteiger partial charge >= 0.3 is 0 Å². The van der Waals surface area contributed by atoms with Gasteiger partial charge in [0.1, 0.15) is 0 Å². The second kappa shape index (κ2) is 3.21. The molecule has 0 aromatic rings. The summed E-state index contributed by atoms with van der Waals surface area (Å²) >= 11 is 0. The van der Waals surface area contributed by atoms with Crippen LogP contribution in [0.5, 0.6) is 0 Å². The van der Waals surface area contributed by atoms with Gasteiger partial charge in [0.15, 0.2) is 0 Å². The van der Waals surface area contributed by atoms with Crippen LogP contribution in [0, 0.1) is 0 Å². The molecule has 0 aliphatic rings. The molecule has 0 N–H and O–H groups in total. The predicted molar refractivity (Wildman–Crippen MR) is 47.6 cm³/mol. The molecule has 0 radical (unpaired) electrons. The minimum Gasteiger partial charge on any atom is -0.0917 e. The van der Waals surface area contributed by atoms with Gasteiger partial charge < -0.3 is 0 Å². The number of hydrogen-bond donors (Lipinski definition) is 0. The number of allylic oxidation sites excluding steroid dienone is 2. The molecule has 9 heavy (non-hydrogen) atoms. The van der Waals surface area contributed by atoms with Crippen LogP contribution < -0.4 is 0 Å². The van der Waals surface area contributed by atoms with Gasteiger partial charge in [-0.3, -0.25) is 0 Å². The SMILES string of the molecule is C/C=C\[C@@H](C)[Si](C)(C)C. The summed E-state index contributed by atoms with van der Waals surface area (Å²) in [5, 5.41) is 0. The van der Waals surface area contributed by atoms with E-state index in [4.69, 9.17) is 0 Å². The zero-order chi connectivity index (χ0) is 7.49. The Morgan fingerprint density at radius 2 is 1.67 bits per heavy atom. The van der Waals surface area contributed by atoms with E-state index >= 15 is 0 Å². The molecule has 0 bridgehead atoms. The highest BCUT2D eigenvalue weighted by molar-refractivity contribution is 6.77. The lowest BCUT2D eigenvalue weighted by molar-refractivity contribution is 1.12. The Balaban J connectivity index is 3.88. The van der Waals surface area contributed by atoms with Gasteiger partial charge in [-0.05, 0) is 12.5 Å². The molecule has 0 aromatic carbocycles. The molecule has 0 aromatic heterocycles. The molecule has 0 unspecified atom stereocenters. The summed E-state index contributed by atoms with van der Waals surface area (Å²) in [5.41, 5.74) is 0.822. The van der Waals surface area contributed by atoms with Crippen molar-refractivity contribution in [1.82, 2.24) is 0 Å². The zero-order valence-electron chi connectivity index (χ0n) is 7.23. The number of hydrogen-bond acceptors (Lipinski definition) is 0. The van der Waals surface area contributed by atoms with Crippen molar-refractivity contribution in [3.8, 4) is 0 Å². The molecule has 0 rings (SSSR count). The van der Waals surface area contributed by atoms with Crippen LogP contribution in [0.4, 0.5) is 0 Å². The van der Waals surface area contributed by atoms with Crippen molar-refractivity contribution >= 4 is 8.07 Å². The van der Waals surface area contributed by atoms with Crippen molar-refractivity contribution in [3.05, 3.63) is 12.2 Å². The summed E-state index contributed by atoms with van der Waals surface area (Å²) in [4.78, 5) is 0. The van der Waals surface area contributed by atoms with E-state index in [1.807, 2.05) is 0 Å². The first-order valence-corrected chi connectivity index (χ1v) is 7.19. The highest BCUT2D eigenvalue weighted by Crippen LogP contribution is 2.21. The normalized spacial score (nSPS) is 16.6. The van der Waals surface area contributed by atoms with E-state index in [1.165, 1.54) is 0 Å². The highest BCUT2D eigenvalue weighted by atomic mass is 28.3. The first kappa shape index (κ1) is 8.96. The van der Waals surface area contributed by atoms with Gasteiger partial charge in [-0.25, -0.2) is 0 Å². The van der Waals surface area contributed by atoms with Crippen molar-refractivity contribution in [2.24, 2.45) is 0 Å². The maximum absolute atomic E-state index is 2.40. The van der Waals surface area contributed by atoms with Gasteiger partial charge in [0.25, 0.3) is 0 Å². The molecule has 0 amide bonds. The Morgan fingerprint density at radius 1 is 1.22 bits per heavy atom. The summed E-state index contributed by atoms with van der Waals surface area (Å²) in [6.07, 6.45) is 4.47. The summed E-state index contributed by atoms with van der Waals surface area (Å²) < 4.78 is 0. The van der Waals surface area contributed by atoms with Crippen molar-refractivity contribution in [1.29, 1.82) is 0 Å². The third-order valence-corrected chi connectivity index (χ3v) is 4.77. The molecule has 0 heterocycles. The van der Waals surface area contributed by atoms with Crippen LogP contribution in [0.25, 0.3) is 0 Å². The second-order valence-corrected chi connectivity index (χ2v) is 9.32. The Kier molecular flexibility index (Phi) is 3.19. The molecule has 0 saturated carbocycles. The first-order valence-electron chi connectivity index (χ1n) is 3.61. The van der Waals surface area contributed by atoms with Crippen LogP contribution in [0.15, 0.2) is 12.2 Å². The fourth-order valence-electron chi connectivity index (χ4n) is 0.577. The van der Waals surface area contributed by atoms with Crippen LogP contribution in [0.3, 0.4) is 0 Å². The molecule has 0 aliphatic heterocycles. The van der Waals surface area contributed by atoms with E-state index < -0.39 is 8.07 Å². The fourth-order valence-corrected chi connectivity index (χ4v) is 1.35. The standard InChI is InChI=1S/C8H18Si/c1-6-7-8(2)9(3,4)5/h6-8H,1-5H3/b7-6-/t8-/m1/s1. The summed E-state index contributed by atoms with van der Waals surface area (Å²) in [5.74, 6) is 0. The average molecular weight is 142 g/mol. The zero-order valence-corrected chi connectivity index (χ0v) is 8.23. The Hall–Kier alpha value is -0.0431. The van der Waals surface area contributed by atoms with Gasteiger partial charge in [0.2, 0.25) is 0 Å². The smallest absolute Gasteiger partial charge is 0.0510 e. The van der Waals surface area contributed by atoms with E-state index in [2.05, 4.69) is 45.6 Å². The Morgan fingerprint density at radius 3 is 1.78 bits per heavy atom. The molecular formula is C8H18Si. The summed E-state index contributed by atoms with van der Waals surface area (Å²) in [6, 6.07) is 0. The largest absolute Gasteiger partial charge is 0.0917 e.